The number of hydrogen-bond donors (Lipinski definition) is 2. The van der Waals surface area contributed by atoms with E-state index in [1.807, 2.05) is 6.20 Å². The van der Waals surface area contributed by atoms with Crippen LogP contribution in [0.25, 0.3) is 10.9 Å². The Morgan fingerprint density at radius 1 is 1.21 bits per heavy atom. The number of benzene rings is 1. The van der Waals surface area contributed by atoms with Gasteiger partial charge in [0.25, 0.3) is 0 Å². The van der Waals surface area contributed by atoms with Gasteiger partial charge in [-0.1, -0.05) is 0 Å². The number of nitrogens with zero attached hydrogens (tertiary/aromatic N) is 1. The largest absolute Gasteiger partial charge is 0.382 e. The summed E-state index contributed by atoms with van der Waals surface area (Å²) in [6.07, 6.45) is 6.37. The summed E-state index contributed by atoms with van der Waals surface area (Å²) in [6.45, 7) is 2.38. The predicted molar refractivity (Wildman–Crippen MR) is 76.2 cm³/mol. The van der Waals surface area contributed by atoms with Gasteiger partial charge in [0, 0.05) is 17.1 Å². The SMILES string of the molecule is C[C@@H]1Nc2ccc3[nH]ncc3c2[C@H]2[C@@H]3CC[C@@H](C3)[C@H]21. The van der Waals surface area contributed by atoms with Crippen LogP contribution in [0.4, 0.5) is 5.69 Å². The molecule has 98 valence electrons. The number of fused-ring (bicyclic) bond motifs is 9. The van der Waals surface area contributed by atoms with Gasteiger partial charge in [-0.25, -0.2) is 0 Å². The Labute approximate surface area is 112 Å². The van der Waals surface area contributed by atoms with Gasteiger partial charge < -0.3 is 5.32 Å². The van der Waals surface area contributed by atoms with Crippen molar-refractivity contribution in [2.24, 2.45) is 17.8 Å². The molecule has 0 saturated heterocycles. The fourth-order valence-corrected chi connectivity index (χ4v) is 5.35. The Morgan fingerprint density at radius 2 is 2.11 bits per heavy atom. The molecule has 19 heavy (non-hydrogen) atoms. The first-order valence-corrected chi connectivity index (χ1v) is 7.55. The second-order valence-corrected chi connectivity index (χ2v) is 6.73. The van der Waals surface area contributed by atoms with E-state index in [9.17, 15) is 0 Å². The van der Waals surface area contributed by atoms with Gasteiger partial charge in [0.15, 0.2) is 0 Å². The summed E-state index contributed by atoms with van der Waals surface area (Å²) in [6, 6.07) is 5.03. The molecule has 1 aromatic carbocycles. The van der Waals surface area contributed by atoms with Crippen LogP contribution in [-0.2, 0) is 0 Å². The molecular formula is C16H19N3. The van der Waals surface area contributed by atoms with E-state index < -0.39 is 0 Å². The highest BCUT2D eigenvalue weighted by atomic mass is 15.1. The number of rotatable bonds is 0. The first-order chi connectivity index (χ1) is 9.33. The van der Waals surface area contributed by atoms with Crippen molar-refractivity contribution in [3.8, 4) is 0 Å². The molecule has 2 fully saturated rings. The molecule has 0 spiro atoms. The normalized spacial score (nSPS) is 39.1. The summed E-state index contributed by atoms with van der Waals surface area (Å²) in [5.74, 6) is 3.48. The van der Waals surface area contributed by atoms with E-state index in [-0.39, 0.29) is 0 Å². The average Bonchev–Trinajstić information content (AvgIpc) is 3.13. The highest BCUT2D eigenvalue weighted by Crippen LogP contribution is 2.61. The summed E-state index contributed by atoms with van der Waals surface area (Å²) in [4.78, 5) is 0. The van der Waals surface area contributed by atoms with E-state index in [2.05, 4.69) is 34.6 Å². The van der Waals surface area contributed by atoms with Crippen LogP contribution in [0.15, 0.2) is 18.3 Å². The van der Waals surface area contributed by atoms with Gasteiger partial charge in [0.1, 0.15) is 0 Å². The maximum absolute atomic E-state index is 4.25. The minimum absolute atomic E-state index is 0.622. The Kier molecular flexibility index (Phi) is 1.80. The Balaban J connectivity index is 1.79. The zero-order valence-electron chi connectivity index (χ0n) is 11.2. The van der Waals surface area contributed by atoms with Crippen LogP contribution in [0.1, 0.15) is 37.7 Å². The van der Waals surface area contributed by atoms with Gasteiger partial charge in [-0.05, 0) is 67.6 Å². The van der Waals surface area contributed by atoms with E-state index in [0.29, 0.717) is 6.04 Å². The highest BCUT2D eigenvalue weighted by molar-refractivity contribution is 5.88. The van der Waals surface area contributed by atoms with Crippen molar-refractivity contribution in [2.75, 3.05) is 5.32 Å². The zero-order chi connectivity index (χ0) is 12.6. The van der Waals surface area contributed by atoms with Crippen molar-refractivity contribution in [1.82, 2.24) is 10.2 Å². The number of aromatic nitrogens is 2. The summed E-state index contributed by atoms with van der Waals surface area (Å²) < 4.78 is 0. The molecule has 0 unspecified atom stereocenters. The standard InChI is InChI=1S/C16H19N3/c1-8-14-9-2-3-10(6-9)15(14)16-11-7-17-19-12(11)4-5-13(16)18-8/h4-5,7-10,14-15,18H,2-3,6H2,1H3,(H,17,19)/t8-,9-,10+,14+,15-/m0/s1. The quantitative estimate of drug-likeness (QED) is 0.754. The molecular weight excluding hydrogens is 234 g/mol. The molecule has 0 radical (unpaired) electrons. The smallest absolute Gasteiger partial charge is 0.0654 e. The van der Waals surface area contributed by atoms with Gasteiger partial charge in [-0.2, -0.15) is 5.10 Å². The molecule has 5 atom stereocenters. The lowest BCUT2D eigenvalue weighted by Gasteiger charge is -2.42. The lowest BCUT2D eigenvalue weighted by Crippen LogP contribution is -2.39. The van der Waals surface area contributed by atoms with Crippen LogP contribution in [-0.4, -0.2) is 16.2 Å². The second kappa shape index (κ2) is 3.33. The van der Waals surface area contributed by atoms with Crippen molar-refractivity contribution in [3.63, 3.8) is 0 Å². The molecule has 2 saturated carbocycles. The molecule has 2 bridgehead atoms. The Bertz CT molecular complexity index is 659. The van der Waals surface area contributed by atoms with Gasteiger partial charge in [-0.3, -0.25) is 5.10 Å². The molecule has 2 aromatic rings. The molecule has 2 N–H and O–H groups in total. The fraction of sp³-hybridized carbons (Fsp3) is 0.562. The minimum atomic E-state index is 0.622. The topological polar surface area (TPSA) is 40.7 Å². The van der Waals surface area contributed by atoms with E-state index in [1.54, 1.807) is 5.56 Å². The molecule has 5 rings (SSSR count). The van der Waals surface area contributed by atoms with E-state index in [4.69, 9.17) is 0 Å². The predicted octanol–water partition coefficient (Wildman–Crippen LogP) is 3.51. The monoisotopic (exact) mass is 253 g/mol. The van der Waals surface area contributed by atoms with Crippen LogP contribution in [0.5, 0.6) is 0 Å². The van der Waals surface area contributed by atoms with Crippen LogP contribution in [0.2, 0.25) is 0 Å². The molecule has 2 heterocycles. The van der Waals surface area contributed by atoms with Crippen molar-refractivity contribution in [1.29, 1.82) is 0 Å². The molecule has 1 aliphatic heterocycles. The van der Waals surface area contributed by atoms with Crippen LogP contribution in [0.3, 0.4) is 0 Å². The van der Waals surface area contributed by atoms with Crippen molar-refractivity contribution in [2.45, 2.75) is 38.1 Å². The highest BCUT2D eigenvalue weighted by Gasteiger charge is 2.52. The van der Waals surface area contributed by atoms with Crippen LogP contribution in [0, 0.1) is 17.8 Å². The summed E-state index contributed by atoms with van der Waals surface area (Å²) >= 11 is 0. The van der Waals surface area contributed by atoms with Gasteiger partial charge in [0.2, 0.25) is 0 Å². The average molecular weight is 253 g/mol. The number of anilines is 1. The van der Waals surface area contributed by atoms with Gasteiger partial charge in [0.05, 0.1) is 11.7 Å². The Morgan fingerprint density at radius 3 is 3.05 bits per heavy atom. The number of aromatic amines is 1. The fourth-order valence-electron chi connectivity index (χ4n) is 5.35. The molecule has 0 amide bonds. The van der Waals surface area contributed by atoms with Gasteiger partial charge in [-0.15, -0.1) is 0 Å². The van der Waals surface area contributed by atoms with Crippen LogP contribution >= 0.6 is 0 Å². The molecule has 3 heteroatoms. The third-order valence-electron chi connectivity index (χ3n) is 5.94. The van der Waals surface area contributed by atoms with Crippen LogP contribution < -0.4 is 5.32 Å². The maximum Gasteiger partial charge on any atom is 0.0654 e. The van der Waals surface area contributed by atoms with E-state index in [1.165, 1.54) is 35.9 Å². The van der Waals surface area contributed by atoms with Crippen molar-refractivity contribution in [3.05, 3.63) is 23.9 Å². The van der Waals surface area contributed by atoms with E-state index in [0.717, 1.165) is 23.7 Å². The summed E-state index contributed by atoms with van der Waals surface area (Å²) in [5, 5.41) is 12.5. The summed E-state index contributed by atoms with van der Waals surface area (Å²) in [5.41, 5.74) is 4.10. The first kappa shape index (κ1) is 10.3. The number of H-pyrrole nitrogens is 1. The second-order valence-electron chi connectivity index (χ2n) is 6.73. The summed E-state index contributed by atoms with van der Waals surface area (Å²) in [7, 11) is 0. The molecule has 3 aliphatic rings. The van der Waals surface area contributed by atoms with E-state index >= 15 is 0 Å². The third kappa shape index (κ3) is 1.17. The molecule has 1 aromatic heterocycles. The zero-order valence-corrected chi connectivity index (χ0v) is 11.2. The minimum Gasteiger partial charge on any atom is -0.382 e. The molecule has 2 aliphatic carbocycles. The Hall–Kier alpha value is -1.51. The first-order valence-electron chi connectivity index (χ1n) is 7.55. The number of hydrogen-bond acceptors (Lipinski definition) is 2. The van der Waals surface area contributed by atoms with Crippen molar-refractivity contribution >= 4 is 16.6 Å². The lowest BCUT2D eigenvalue weighted by atomic mass is 9.69. The number of nitrogens with one attached hydrogen (secondary N) is 2. The maximum atomic E-state index is 4.25. The molecule has 3 nitrogen and oxygen atoms in total. The lowest BCUT2D eigenvalue weighted by molar-refractivity contribution is 0.256. The van der Waals surface area contributed by atoms with Crippen molar-refractivity contribution < 1.29 is 0 Å². The third-order valence-corrected chi connectivity index (χ3v) is 5.94. The van der Waals surface area contributed by atoms with Gasteiger partial charge >= 0.3 is 0 Å².